The number of imidazole rings is 1. The number of halogens is 1. The molecule has 0 spiro atoms. The molecule has 180 valence electrons. The van der Waals surface area contributed by atoms with Crippen LogP contribution in [0, 0.1) is 24.6 Å². The van der Waals surface area contributed by atoms with Gasteiger partial charge in [0.2, 0.25) is 0 Å². The number of aryl methyl sites for hydroxylation is 1. The van der Waals surface area contributed by atoms with Crippen LogP contribution in [0.1, 0.15) is 23.9 Å². The number of hydrogen-bond donors (Lipinski definition) is 2. The maximum absolute atomic E-state index is 14.1. The quantitative estimate of drug-likeness (QED) is 0.297. The smallest absolute Gasteiger partial charge is 0.149 e. The van der Waals surface area contributed by atoms with Crippen LogP contribution in [0.3, 0.4) is 0 Å². The molecule has 3 N–H and O–H groups in total. The molecule has 8 heteroatoms. The number of nitrogen functional groups attached to an aromatic ring is 1. The SMILES string of the molecule is CNC(C)C=O.Cc1nc2ccccn2c1-c1ccc(N)nc1C#Cc1ccc(F)c2ncccc12. The lowest BCUT2D eigenvalue weighted by Gasteiger charge is -2.07. The highest BCUT2D eigenvalue weighted by Gasteiger charge is 2.15. The molecule has 7 nitrogen and oxygen atoms in total. The summed E-state index contributed by atoms with van der Waals surface area (Å²) in [5.41, 5.74) is 10.9. The first kappa shape index (κ1) is 24.5. The normalized spacial score (nSPS) is 11.3. The van der Waals surface area contributed by atoms with Crippen LogP contribution >= 0.6 is 0 Å². The lowest BCUT2D eigenvalue weighted by Crippen LogP contribution is -2.21. The van der Waals surface area contributed by atoms with Crippen molar-refractivity contribution in [3.8, 4) is 23.1 Å². The monoisotopic (exact) mass is 480 g/mol. The van der Waals surface area contributed by atoms with E-state index in [1.165, 1.54) is 6.07 Å². The van der Waals surface area contributed by atoms with E-state index in [1.807, 2.05) is 41.8 Å². The third-order valence-electron chi connectivity index (χ3n) is 5.57. The largest absolute Gasteiger partial charge is 0.384 e. The second-order valence-electron chi connectivity index (χ2n) is 8.06. The zero-order chi connectivity index (χ0) is 25.7. The van der Waals surface area contributed by atoms with Crippen LogP contribution in [0.15, 0.2) is 67.0 Å². The Labute approximate surface area is 208 Å². The number of fused-ring (bicyclic) bond motifs is 2. The summed E-state index contributed by atoms with van der Waals surface area (Å²) in [5.74, 6) is 6.25. The van der Waals surface area contributed by atoms with E-state index in [9.17, 15) is 9.18 Å². The number of carbonyl (C=O) groups excluding carboxylic acids is 1. The Bertz CT molecular complexity index is 1620. The van der Waals surface area contributed by atoms with Gasteiger partial charge in [0.15, 0.2) is 0 Å². The summed E-state index contributed by atoms with van der Waals surface area (Å²) in [4.78, 5) is 22.9. The predicted molar refractivity (Wildman–Crippen MR) is 140 cm³/mol. The topological polar surface area (TPSA) is 98.2 Å². The van der Waals surface area contributed by atoms with E-state index in [4.69, 9.17) is 5.73 Å². The summed E-state index contributed by atoms with van der Waals surface area (Å²) in [6.45, 7) is 3.75. The number of likely N-dealkylation sites (N-methyl/N-ethyl adjacent to an activating group) is 1. The van der Waals surface area contributed by atoms with Gasteiger partial charge in [0.25, 0.3) is 0 Å². The van der Waals surface area contributed by atoms with Crippen molar-refractivity contribution in [2.24, 2.45) is 0 Å². The number of pyridine rings is 3. The van der Waals surface area contributed by atoms with E-state index in [2.05, 4.69) is 32.1 Å². The molecule has 0 amide bonds. The van der Waals surface area contributed by atoms with Gasteiger partial charge in [-0.15, -0.1) is 0 Å². The summed E-state index contributed by atoms with van der Waals surface area (Å²) in [6, 6.07) is 16.1. The molecular weight excluding hydrogens is 455 g/mol. The Morgan fingerprint density at radius 1 is 1.08 bits per heavy atom. The van der Waals surface area contributed by atoms with Gasteiger partial charge in [-0.25, -0.2) is 14.4 Å². The number of hydrogen-bond acceptors (Lipinski definition) is 6. The Balaban J connectivity index is 0.000000455. The Hall–Kier alpha value is -4.61. The molecular formula is C28H25FN6O. The van der Waals surface area contributed by atoms with Crippen molar-refractivity contribution in [1.29, 1.82) is 0 Å². The molecule has 0 radical (unpaired) electrons. The number of nitrogens with two attached hydrogens (primary N) is 1. The second kappa shape index (κ2) is 10.8. The van der Waals surface area contributed by atoms with E-state index < -0.39 is 0 Å². The number of nitrogens with zero attached hydrogens (tertiary/aromatic N) is 4. The number of aldehydes is 1. The minimum Gasteiger partial charge on any atom is -0.384 e. The molecule has 36 heavy (non-hydrogen) atoms. The standard InChI is InChI=1S/C24H16FN5.C4H9NO/c1-15-24(30-14-3-2-6-22(30)28-15)18-9-12-21(26)29-20(18)11-8-16-7-10-19(25)23-17(16)5-4-13-27-23;1-4(3-6)5-2/h2-7,9-10,12-14H,1H3,(H2,26,29);3-5H,1-2H3. The number of rotatable bonds is 3. The molecule has 5 aromatic rings. The van der Waals surface area contributed by atoms with Crippen molar-refractivity contribution in [3.05, 3.63) is 89.8 Å². The van der Waals surface area contributed by atoms with Crippen LogP contribution < -0.4 is 11.1 Å². The molecule has 4 aromatic heterocycles. The van der Waals surface area contributed by atoms with E-state index in [0.29, 0.717) is 28.0 Å². The van der Waals surface area contributed by atoms with Crippen LogP contribution in [-0.2, 0) is 4.79 Å². The van der Waals surface area contributed by atoms with Crippen LogP contribution in [0.25, 0.3) is 27.8 Å². The zero-order valence-corrected chi connectivity index (χ0v) is 20.2. The van der Waals surface area contributed by atoms with Gasteiger partial charge in [-0.1, -0.05) is 12.0 Å². The number of anilines is 1. The highest BCUT2D eigenvalue weighted by atomic mass is 19.1. The van der Waals surface area contributed by atoms with Gasteiger partial charge in [0.05, 0.1) is 17.4 Å². The average molecular weight is 481 g/mol. The van der Waals surface area contributed by atoms with Gasteiger partial charge < -0.3 is 15.8 Å². The third kappa shape index (κ3) is 5.06. The van der Waals surface area contributed by atoms with Crippen LogP contribution in [0.2, 0.25) is 0 Å². The molecule has 0 aliphatic heterocycles. The second-order valence-corrected chi connectivity index (χ2v) is 8.06. The molecule has 5 rings (SSSR count). The summed E-state index contributed by atoms with van der Waals surface area (Å²) in [5, 5.41) is 3.40. The highest BCUT2D eigenvalue weighted by molar-refractivity contribution is 5.85. The van der Waals surface area contributed by atoms with E-state index in [1.54, 1.807) is 44.4 Å². The van der Waals surface area contributed by atoms with Crippen LogP contribution in [-0.4, -0.2) is 38.7 Å². The van der Waals surface area contributed by atoms with Crippen molar-refractivity contribution >= 4 is 28.7 Å². The number of nitrogens with one attached hydrogen (secondary N) is 1. The Morgan fingerprint density at radius 3 is 2.67 bits per heavy atom. The molecule has 1 aromatic carbocycles. The fourth-order valence-corrected chi connectivity index (χ4v) is 3.64. The maximum Gasteiger partial charge on any atom is 0.149 e. The van der Waals surface area contributed by atoms with E-state index >= 15 is 0 Å². The van der Waals surface area contributed by atoms with Crippen molar-refractivity contribution in [3.63, 3.8) is 0 Å². The van der Waals surface area contributed by atoms with E-state index in [0.717, 1.165) is 28.9 Å². The van der Waals surface area contributed by atoms with E-state index in [-0.39, 0.29) is 11.9 Å². The van der Waals surface area contributed by atoms with Gasteiger partial charge in [-0.3, -0.25) is 9.38 Å². The summed E-state index contributed by atoms with van der Waals surface area (Å²) >= 11 is 0. The molecule has 1 unspecified atom stereocenters. The van der Waals surface area contributed by atoms with Gasteiger partial charge in [0.1, 0.15) is 34.8 Å². The van der Waals surface area contributed by atoms with Gasteiger partial charge in [0, 0.05) is 28.9 Å². The minimum absolute atomic E-state index is 0.00463. The first-order valence-electron chi connectivity index (χ1n) is 11.3. The molecule has 0 aliphatic rings. The van der Waals surface area contributed by atoms with Crippen molar-refractivity contribution < 1.29 is 9.18 Å². The summed E-state index contributed by atoms with van der Waals surface area (Å²) < 4.78 is 16.1. The van der Waals surface area contributed by atoms with Gasteiger partial charge >= 0.3 is 0 Å². The molecule has 1 atom stereocenters. The predicted octanol–water partition coefficient (Wildman–Crippen LogP) is 4.17. The maximum atomic E-state index is 14.1. The zero-order valence-electron chi connectivity index (χ0n) is 20.2. The lowest BCUT2D eigenvalue weighted by molar-refractivity contribution is -0.109. The number of benzene rings is 1. The third-order valence-corrected chi connectivity index (χ3v) is 5.57. The molecule has 0 saturated carbocycles. The van der Waals surface area contributed by atoms with Crippen LogP contribution in [0.4, 0.5) is 10.2 Å². The number of aromatic nitrogens is 4. The summed E-state index contributed by atoms with van der Waals surface area (Å²) in [6.07, 6.45) is 4.38. The fraction of sp³-hybridized carbons (Fsp3) is 0.143. The lowest BCUT2D eigenvalue weighted by atomic mass is 10.1. The molecule has 4 heterocycles. The molecule has 0 aliphatic carbocycles. The first-order chi connectivity index (χ1) is 17.4. The average Bonchev–Trinajstić information content (AvgIpc) is 3.24. The van der Waals surface area contributed by atoms with Crippen molar-refractivity contribution in [1.82, 2.24) is 24.7 Å². The molecule has 0 saturated heterocycles. The van der Waals surface area contributed by atoms with Crippen molar-refractivity contribution in [2.45, 2.75) is 19.9 Å². The molecule has 0 bridgehead atoms. The molecule has 0 fully saturated rings. The van der Waals surface area contributed by atoms with Crippen molar-refractivity contribution in [2.75, 3.05) is 12.8 Å². The van der Waals surface area contributed by atoms with Crippen LogP contribution in [0.5, 0.6) is 0 Å². The summed E-state index contributed by atoms with van der Waals surface area (Å²) in [7, 11) is 1.75. The van der Waals surface area contributed by atoms with Gasteiger partial charge in [-0.05, 0) is 75.3 Å². The highest BCUT2D eigenvalue weighted by Crippen LogP contribution is 2.28. The Kier molecular flexibility index (Phi) is 7.33. The Morgan fingerprint density at radius 2 is 1.92 bits per heavy atom. The number of carbonyl (C=O) groups is 1. The van der Waals surface area contributed by atoms with Gasteiger partial charge in [-0.2, -0.15) is 0 Å². The first-order valence-corrected chi connectivity index (χ1v) is 11.3. The fourth-order valence-electron chi connectivity index (χ4n) is 3.64. The minimum atomic E-state index is -0.375.